The highest BCUT2D eigenvalue weighted by Crippen LogP contribution is 2.34. The van der Waals surface area contributed by atoms with Gasteiger partial charge in [-0.1, -0.05) is 12.1 Å². The summed E-state index contributed by atoms with van der Waals surface area (Å²) >= 11 is 0. The number of aromatic nitrogens is 1. The number of carbonyl (C=O) groups excluding carboxylic acids is 2. The fourth-order valence-corrected chi connectivity index (χ4v) is 4.41. The van der Waals surface area contributed by atoms with E-state index >= 15 is 0 Å². The Bertz CT molecular complexity index is 1090. The highest BCUT2D eigenvalue weighted by Gasteiger charge is 2.23. The van der Waals surface area contributed by atoms with E-state index < -0.39 is 0 Å². The molecule has 1 fully saturated rings. The van der Waals surface area contributed by atoms with Crippen LogP contribution in [0.2, 0.25) is 0 Å². The summed E-state index contributed by atoms with van der Waals surface area (Å²) in [6.07, 6.45) is 5.61. The molecule has 3 N–H and O–H groups in total. The number of hydrogen-bond acceptors (Lipinski definition) is 6. The molecule has 5 rings (SSSR count). The lowest BCUT2D eigenvalue weighted by atomic mass is 9.93. The molecule has 0 aliphatic carbocycles. The summed E-state index contributed by atoms with van der Waals surface area (Å²) in [5.74, 6) is 1.09. The molecule has 2 aromatic rings. The maximum absolute atomic E-state index is 12.9. The molecule has 1 aromatic heterocycles. The Balaban J connectivity index is 1.42. The zero-order valence-electron chi connectivity index (χ0n) is 18.1. The van der Waals surface area contributed by atoms with Crippen LogP contribution in [-0.2, 0) is 0 Å². The number of anilines is 1. The summed E-state index contributed by atoms with van der Waals surface area (Å²) in [4.78, 5) is 31.9. The Morgan fingerprint density at radius 2 is 2.03 bits per heavy atom. The smallest absolute Gasteiger partial charge is 0.255 e. The molecule has 0 saturated carbocycles. The molecule has 1 saturated heterocycles. The second-order valence-corrected chi connectivity index (χ2v) is 8.49. The first-order valence-electron chi connectivity index (χ1n) is 11.1. The zero-order chi connectivity index (χ0) is 22.1. The molecule has 2 amide bonds. The lowest BCUT2D eigenvalue weighted by Gasteiger charge is -2.29. The predicted molar refractivity (Wildman–Crippen MR) is 122 cm³/mol. The van der Waals surface area contributed by atoms with E-state index in [1.807, 2.05) is 18.2 Å². The van der Waals surface area contributed by atoms with Crippen LogP contribution in [0.5, 0.6) is 5.75 Å². The van der Waals surface area contributed by atoms with E-state index in [4.69, 9.17) is 4.74 Å². The van der Waals surface area contributed by atoms with E-state index in [1.54, 1.807) is 12.3 Å². The minimum Gasteiger partial charge on any atom is -0.491 e. The quantitative estimate of drug-likeness (QED) is 0.684. The van der Waals surface area contributed by atoms with Crippen LogP contribution in [0, 0.1) is 0 Å². The van der Waals surface area contributed by atoms with E-state index in [2.05, 4.69) is 39.0 Å². The summed E-state index contributed by atoms with van der Waals surface area (Å²) in [6, 6.07) is 7.68. The van der Waals surface area contributed by atoms with Crippen molar-refractivity contribution in [1.29, 1.82) is 0 Å². The molecule has 4 heterocycles. The van der Waals surface area contributed by atoms with Crippen molar-refractivity contribution in [2.45, 2.75) is 18.9 Å². The van der Waals surface area contributed by atoms with Crippen LogP contribution >= 0.6 is 0 Å². The lowest BCUT2D eigenvalue weighted by molar-refractivity contribution is 0.0915. The second kappa shape index (κ2) is 8.63. The van der Waals surface area contributed by atoms with Gasteiger partial charge in [0.05, 0.1) is 17.7 Å². The molecular formula is C24H27N5O3. The third-order valence-electron chi connectivity index (χ3n) is 6.25. The number of nitrogens with one attached hydrogen (secondary N) is 3. The van der Waals surface area contributed by atoms with Crippen LogP contribution < -0.4 is 20.7 Å². The molecule has 1 aromatic carbocycles. The molecule has 0 unspecified atom stereocenters. The number of likely N-dealkylation sites (tertiary alicyclic amines) is 1. The van der Waals surface area contributed by atoms with Gasteiger partial charge in [0.2, 0.25) is 0 Å². The zero-order valence-corrected chi connectivity index (χ0v) is 18.1. The van der Waals surface area contributed by atoms with Gasteiger partial charge < -0.3 is 25.6 Å². The number of carbonyl (C=O) groups is 2. The van der Waals surface area contributed by atoms with E-state index in [-0.39, 0.29) is 17.9 Å². The van der Waals surface area contributed by atoms with Crippen LogP contribution in [0.25, 0.3) is 5.57 Å². The van der Waals surface area contributed by atoms with Crippen molar-refractivity contribution >= 4 is 23.2 Å². The Kier molecular flexibility index (Phi) is 5.53. The summed E-state index contributed by atoms with van der Waals surface area (Å²) < 4.78 is 5.78. The summed E-state index contributed by atoms with van der Waals surface area (Å²) in [5.41, 5.74) is 3.84. The lowest BCUT2D eigenvalue weighted by Crippen LogP contribution is -2.43. The van der Waals surface area contributed by atoms with E-state index in [0.29, 0.717) is 36.6 Å². The fraction of sp³-hybridized carbons (Fsp3) is 0.375. The van der Waals surface area contributed by atoms with Gasteiger partial charge in [-0.05, 0) is 62.3 Å². The number of fused-ring (bicyclic) bond motifs is 2. The highest BCUT2D eigenvalue weighted by molar-refractivity contribution is 5.99. The Hall–Kier alpha value is -3.39. The van der Waals surface area contributed by atoms with E-state index in [1.165, 1.54) is 0 Å². The average Bonchev–Trinajstić information content (AvgIpc) is 3.00. The molecule has 0 spiro atoms. The maximum atomic E-state index is 12.9. The SMILES string of the molecule is CN1CCC(NC(=O)c2cnc3c(c2)C(c2ccc4c(c2)OCCNC4=O)=CCN3)CC1. The molecule has 8 heteroatoms. The minimum absolute atomic E-state index is 0.0956. The van der Waals surface area contributed by atoms with Crippen LogP contribution in [-0.4, -0.2) is 67.6 Å². The summed E-state index contributed by atoms with van der Waals surface area (Å²) in [5, 5.41) is 9.26. The van der Waals surface area contributed by atoms with Gasteiger partial charge in [0.25, 0.3) is 11.8 Å². The van der Waals surface area contributed by atoms with Gasteiger partial charge in [-0.2, -0.15) is 0 Å². The Labute approximate surface area is 187 Å². The number of nitrogens with zero attached hydrogens (tertiary/aromatic N) is 2. The van der Waals surface area contributed by atoms with Gasteiger partial charge in [-0.15, -0.1) is 0 Å². The number of benzene rings is 1. The second-order valence-electron chi connectivity index (χ2n) is 8.49. The van der Waals surface area contributed by atoms with Gasteiger partial charge >= 0.3 is 0 Å². The molecular weight excluding hydrogens is 406 g/mol. The summed E-state index contributed by atoms with van der Waals surface area (Å²) in [7, 11) is 2.10. The van der Waals surface area contributed by atoms with Crippen molar-refractivity contribution in [3.8, 4) is 5.75 Å². The van der Waals surface area contributed by atoms with Crippen molar-refractivity contribution in [2.24, 2.45) is 0 Å². The van der Waals surface area contributed by atoms with Crippen molar-refractivity contribution in [1.82, 2.24) is 20.5 Å². The van der Waals surface area contributed by atoms with Crippen molar-refractivity contribution < 1.29 is 14.3 Å². The number of amides is 2. The number of rotatable bonds is 3. The molecule has 0 radical (unpaired) electrons. The van der Waals surface area contributed by atoms with Crippen LogP contribution in [0.4, 0.5) is 5.82 Å². The molecule has 0 bridgehead atoms. The van der Waals surface area contributed by atoms with Gasteiger partial charge in [0, 0.05) is 24.3 Å². The molecule has 8 nitrogen and oxygen atoms in total. The van der Waals surface area contributed by atoms with Crippen LogP contribution in [0.3, 0.4) is 0 Å². The Morgan fingerprint density at radius 1 is 1.19 bits per heavy atom. The molecule has 3 aliphatic rings. The van der Waals surface area contributed by atoms with Gasteiger partial charge in [-0.3, -0.25) is 9.59 Å². The van der Waals surface area contributed by atoms with Crippen LogP contribution in [0.1, 0.15) is 44.7 Å². The largest absolute Gasteiger partial charge is 0.491 e. The normalized spacial score (nSPS) is 18.8. The highest BCUT2D eigenvalue weighted by atomic mass is 16.5. The number of hydrogen-bond donors (Lipinski definition) is 3. The number of pyridine rings is 1. The minimum atomic E-state index is -0.127. The fourth-order valence-electron chi connectivity index (χ4n) is 4.41. The monoisotopic (exact) mass is 433 g/mol. The maximum Gasteiger partial charge on any atom is 0.255 e. The van der Waals surface area contributed by atoms with Crippen LogP contribution in [0.15, 0.2) is 36.5 Å². The Morgan fingerprint density at radius 3 is 2.88 bits per heavy atom. The van der Waals surface area contributed by atoms with Gasteiger partial charge in [0.1, 0.15) is 18.2 Å². The topological polar surface area (TPSA) is 95.6 Å². The van der Waals surface area contributed by atoms with E-state index in [0.717, 1.165) is 48.4 Å². The molecule has 0 atom stereocenters. The van der Waals surface area contributed by atoms with Crippen molar-refractivity contribution in [3.05, 3.63) is 58.8 Å². The average molecular weight is 434 g/mol. The third kappa shape index (κ3) is 4.05. The number of ether oxygens (including phenoxy) is 1. The molecule has 32 heavy (non-hydrogen) atoms. The third-order valence-corrected chi connectivity index (χ3v) is 6.25. The van der Waals surface area contributed by atoms with Crippen molar-refractivity contribution in [3.63, 3.8) is 0 Å². The van der Waals surface area contributed by atoms with E-state index in [9.17, 15) is 9.59 Å². The first-order chi connectivity index (χ1) is 15.6. The first-order valence-corrected chi connectivity index (χ1v) is 11.1. The molecule has 3 aliphatic heterocycles. The number of piperidine rings is 1. The predicted octanol–water partition coefficient (Wildman–Crippen LogP) is 1.88. The first kappa shape index (κ1) is 20.5. The van der Waals surface area contributed by atoms with Crippen molar-refractivity contribution in [2.75, 3.05) is 45.2 Å². The van der Waals surface area contributed by atoms with Gasteiger partial charge in [-0.25, -0.2) is 4.98 Å². The van der Waals surface area contributed by atoms with Gasteiger partial charge in [0.15, 0.2) is 0 Å². The summed E-state index contributed by atoms with van der Waals surface area (Å²) in [6.45, 7) is 3.53. The molecule has 166 valence electrons. The standard InChI is InChI=1S/C24H27N5O3/c1-29-9-5-17(6-10-29)28-23(30)16-12-20-18(4-7-25-22(20)27-14-16)15-2-3-19-21(13-15)32-11-8-26-24(19)31/h2-4,12-14,17H,5-11H2,1H3,(H,25,27)(H,26,31)(H,28,30).